The molecule has 0 spiro atoms. The summed E-state index contributed by atoms with van der Waals surface area (Å²) in [7, 11) is -4.11. The Balaban J connectivity index is 1.83. The first kappa shape index (κ1) is 21.0. The molecule has 4 nitrogen and oxygen atoms in total. The lowest BCUT2D eigenvalue weighted by molar-refractivity contribution is -0.275. The third-order valence-corrected chi connectivity index (χ3v) is 7.78. The highest BCUT2D eigenvalue weighted by atomic mass is 32.2. The second-order valence-corrected chi connectivity index (χ2v) is 9.62. The molecule has 9 heteroatoms. The van der Waals surface area contributed by atoms with Crippen molar-refractivity contribution in [2.75, 3.05) is 18.8 Å². The molecule has 1 saturated heterocycles. The van der Waals surface area contributed by atoms with Gasteiger partial charge in [-0.1, -0.05) is 36.4 Å². The summed E-state index contributed by atoms with van der Waals surface area (Å²) in [6.07, 6.45) is -4.38. The molecule has 152 valence electrons. The fraction of sp³-hybridized carbons (Fsp3) is 0.368. The summed E-state index contributed by atoms with van der Waals surface area (Å²) < 4.78 is 69.2. The highest BCUT2D eigenvalue weighted by Crippen LogP contribution is 2.38. The van der Waals surface area contributed by atoms with E-state index in [0.29, 0.717) is 12.2 Å². The molecule has 3 rings (SSSR count). The lowest BCUT2D eigenvalue weighted by Crippen LogP contribution is -2.33. The Labute approximate surface area is 166 Å². The van der Waals surface area contributed by atoms with Crippen molar-refractivity contribution in [1.29, 1.82) is 0 Å². The lowest BCUT2D eigenvalue weighted by Gasteiger charge is -2.22. The van der Waals surface area contributed by atoms with Crippen molar-refractivity contribution in [3.8, 4) is 5.75 Å². The van der Waals surface area contributed by atoms with Crippen LogP contribution in [0.4, 0.5) is 13.2 Å². The molecule has 1 atom stereocenters. The topological polar surface area (TPSA) is 46.6 Å². The average molecular weight is 432 g/mol. The predicted molar refractivity (Wildman–Crippen MR) is 103 cm³/mol. The minimum atomic E-state index is -4.96. The molecule has 1 aliphatic rings. The number of hydrogen-bond acceptors (Lipinski definition) is 4. The van der Waals surface area contributed by atoms with E-state index >= 15 is 0 Å². The highest BCUT2D eigenvalue weighted by Gasteiger charge is 2.36. The molecule has 2 aromatic rings. The number of alkyl halides is 3. The van der Waals surface area contributed by atoms with Gasteiger partial charge in [0, 0.05) is 24.1 Å². The Kier molecular flexibility index (Phi) is 6.26. The van der Waals surface area contributed by atoms with Crippen molar-refractivity contribution >= 4 is 21.8 Å². The van der Waals surface area contributed by atoms with Crippen LogP contribution in [0.1, 0.15) is 22.8 Å². The zero-order valence-corrected chi connectivity index (χ0v) is 16.8. The molecular weight excluding hydrogens is 411 g/mol. The van der Waals surface area contributed by atoms with Crippen molar-refractivity contribution in [3.63, 3.8) is 0 Å². The summed E-state index contributed by atoms with van der Waals surface area (Å²) in [5.74, 6) is -0.150. The Morgan fingerprint density at radius 3 is 2.46 bits per heavy atom. The summed E-state index contributed by atoms with van der Waals surface area (Å²) in [5, 5.41) is 0.142. The number of sulfonamides is 1. The Morgan fingerprint density at radius 2 is 1.75 bits per heavy atom. The normalized spacial score (nSPS) is 19.2. The average Bonchev–Trinajstić information content (AvgIpc) is 2.88. The first-order valence-electron chi connectivity index (χ1n) is 8.70. The van der Waals surface area contributed by atoms with Crippen molar-refractivity contribution in [2.24, 2.45) is 0 Å². The molecule has 1 fully saturated rings. The number of aryl methyl sites for hydroxylation is 1. The van der Waals surface area contributed by atoms with Gasteiger partial charge in [0.1, 0.15) is 10.6 Å². The molecule has 1 aliphatic heterocycles. The van der Waals surface area contributed by atoms with Gasteiger partial charge in [-0.25, -0.2) is 8.42 Å². The van der Waals surface area contributed by atoms with Gasteiger partial charge in [-0.15, -0.1) is 13.2 Å². The first-order valence-corrected chi connectivity index (χ1v) is 11.2. The molecule has 1 unspecified atom stereocenters. The van der Waals surface area contributed by atoms with E-state index in [0.717, 1.165) is 23.3 Å². The fourth-order valence-corrected chi connectivity index (χ4v) is 6.21. The van der Waals surface area contributed by atoms with Gasteiger partial charge < -0.3 is 4.74 Å². The van der Waals surface area contributed by atoms with Gasteiger partial charge in [-0.3, -0.25) is 0 Å². The summed E-state index contributed by atoms with van der Waals surface area (Å²) >= 11 is 1.66. The molecule has 0 N–H and O–H groups in total. The van der Waals surface area contributed by atoms with Gasteiger partial charge in [0.15, 0.2) is 0 Å². The van der Waals surface area contributed by atoms with Crippen molar-refractivity contribution in [3.05, 3.63) is 59.7 Å². The van der Waals surface area contributed by atoms with E-state index < -0.39 is 27.0 Å². The van der Waals surface area contributed by atoms with Gasteiger partial charge in [-0.05, 0) is 36.6 Å². The molecular formula is C19H20F3NO3S2. The quantitative estimate of drug-likeness (QED) is 0.700. The molecule has 28 heavy (non-hydrogen) atoms. The SMILES string of the molecule is Cc1ccccc1C1CCN(S(=O)(=O)c2ccccc2OC(F)(F)F)CCS1. The Morgan fingerprint density at radius 1 is 1.07 bits per heavy atom. The van der Waals surface area contributed by atoms with Crippen LogP contribution in [0, 0.1) is 6.92 Å². The van der Waals surface area contributed by atoms with Crippen molar-refractivity contribution in [2.45, 2.75) is 29.9 Å². The smallest absolute Gasteiger partial charge is 0.404 e. The van der Waals surface area contributed by atoms with Crippen LogP contribution >= 0.6 is 11.8 Å². The number of para-hydroxylation sites is 1. The lowest BCUT2D eigenvalue weighted by atomic mass is 10.0. The van der Waals surface area contributed by atoms with E-state index in [1.165, 1.54) is 16.4 Å². The maximum Gasteiger partial charge on any atom is 0.573 e. The maximum atomic E-state index is 13.0. The second kappa shape index (κ2) is 8.34. The van der Waals surface area contributed by atoms with Crippen LogP contribution < -0.4 is 4.74 Å². The molecule has 1 heterocycles. The number of benzene rings is 2. The van der Waals surface area contributed by atoms with Gasteiger partial charge in [0.2, 0.25) is 10.0 Å². The van der Waals surface area contributed by atoms with Crippen LogP contribution in [-0.4, -0.2) is 37.9 Å². The summed E-state index contributed by atoms with van der Waals surface area (Å²) in [6, 6.07) is 12.8. The standard InChI is InChI=1S/C19H20F3NO3S2/c1-14-6-2-3-7-15(14)17-10-11-23(12-13-27-17)28(24,25)18-9-5-4-8-16(18)26-19(20,21)22/h2-9,17H,10-13H2,1H3. The largest absolute Gasteiger partial charge is 0.573 e. The second-order valence-electron chi connectivity index (χ2n) is 6.40. The molecule has 0 amide bonds. The Hall–Kier alpha value is -1.71. The Bertz CT molecular complexity index is 932. The zero-order chi connectivity index (χ0) is 20.4. The maximum absolute atomic E-state index is 13.0. The number of thioether (sulfide) groups is 1. The van der Waals surface area contributed by atoms with Gasteiger partial charge in [0.25, 0.3) is 0 Å². The molecule has 0 radical (unpaired) electrons. The number of ether oxygens (including phenoxy) is 1. The molecule has 2 aromatic carbocycles. The highest BCUT2D eigenvalue weighted by molar-refractivity contribution is 7.99. The van der Waals surface area contributed by atoms with E-state index in [1.807, 2.05) is 31.2 Å². The third-order valence-electron chi connectivity index (χ3n) is 4.53. The molecule has 0 saturated carbocycles. The summed E-state index contributed by atoms with van der Waals surface area (Å²) in [5.41, 5.74) is 2.30. The van der Waals surface area contributed by atoms with Crippen LogP contribution in [0.25, 0.3) is 0 Å². The van der Waals surface area contributed by atoms with Gasteiger partial charge in [-0.2, -0.15) is 16.1 Å². The number of halogens is 3. The monoisotopic (exact) mass is 431 g/mol. The molecule has 0 aliphatic carbocycles. The number of nitrogens with zero attached hydrogens (tertiary/aromatic N) is 1. The van der Waals surface area contributed by atoms with E-state index in [9.17, 15) is 21.6 Å². The zero-order valence-electron chi connectivity index (χ0n) is 15.1. The van der Waals surface area contributed by atoms with E-state index in [1.54, 1.807) is 11.8 Å². The number of hydrogen-bond donors (Lipinski definition) is 0. The molecule has 0 bridgehead atoms. The summed E-state index contributed by atoms with van der Waals surface area (Å²) in [4.78, 5) is -0.466. The van der Waals surface area contributed by atoms with E-state index in [-0.39, 0.29) is 18.3 Å². The fourth-order valence-electron chi connectivity index (χ4n) is 3.20. The minimum Gasteiger partial charge on any atom is -0.404 e. The minimum absolute atomic E-state index is 0.142. The van der Waals surface area contributed by atoms with Gasteiger partial charge >= 0.3 is 6.36 Å². The predicted octanol–water partition coefficient (Wildman–Crippen LogP) is 4.76. The van der Waals surface area contributed by atoms with Crippen LogP contribution in [0.15, 0.2) is 53.4 Å². The van der Waals surface area contributed by atoms with E-state index in [2.05, 4.69) is 4.74 Å². The third kappa shape index (κ3) is 4.82. The first-order chi connectivity index (χ1) is 13.2. The van der Waals surface area contributed by atoms with Gasteiger partial charge in [0.05, 0.1) is 0 Å². The van der Waals surface area contributed by atoms with Crippen LogP contribution in [0.3, 0.4) is 0 Å². The van der Waals surface area contributed by atoms with Crippen LogP contribution in [0.5, 0.6) is 5.75 Å². The van der Waals surface area contributed by atoms with Crippen LogP contribution in [-0.2, 0) is 10.0 Å². The number of rotatable bonds is 4. The van der Waals surface area contributed by atoms with Crippen molar-refractivity contribution in [1.82, 2.24) is 4.31 Å². The van der Waals surface area contributed by atoms with Crippen LogP contribution in [0.2, 0.25) is 0 Å². The van der Waals surface area contributed by atoms with E-state index in [4.69, 9.17) is 0 Å². The summed E-state index contributed by atoms with van der Waals surface area (Å²) in [6.45, 7) is 2.48. The molecule has 0 aromatic heterocycles. The van der Waals surface area contributed by atoms with Crippen molar-refractivity contribution < 1.29 is 26.3 Å².